The summed E-state index contributed by atoms with van der Waals surface area (Å²) in [5.41, 5.74) is 1.45. The molecular formula is C18H13F3N4O4. The topological polar surface area (TPSA) is 99.3 Å². The molecular weight excluding hydrogens is 393 g/mol. The van der Waals surface area contributed by atoms with Gasteiger partial charge in [0.05, 0.1) is 28.7 Å². The fourth-order valence-electron chi connectivity index (χ4n) is 2.53. The minimum Gasteiger partial charge on any atom is -0.406 e. The first-order valence-corrected chi connectivity index (χ1v) is 8.09. The van der Waals surface area contributed by atoms with Crippen LogP contribution in [0.2, 0.25) is 0 Å². The van der Waals surface area contributed by atoms with Gasteiger partial charge in [0.25, 0.3) is 11.6 Å². The van der Waals surface area contributed by atoms with E-state index in [-0.39, 0.29) is 11.3 Å². The monoisotopic (exact) mass is 406 g/mol. The zero-order valence-electron chi connectivity index (χ0n) is 14.8. The van der Waals surface area contributed by atoms with Crippen molar-refractivity contribution in [1.29, 1.82) is 0 Å². The molecule has 0 fully saturated rings. The van der Waals surface area contributed by atoms with E-state index < -0.39 is 22.9 Å². The van der Waals surface area contributed by atoms with Crippen molar-refractivity contribution in [1.82, 2.24) is 9.78 Å². The van der Waals surface area contributed by atoms with Crippen LogP contribution in [0, 0.1) is 17.0 Å². The third kappa shape index (κ3) is 4.89. The molecule has 0 radical (unpaired) electrons. The summed E-state index contributed by atoms with van der Waals surface area (Å²) >= 11 is 0. The number of nitrogens with one attached hydrogen (secondary N) is 1. The lowest BCUT2D eigenvalue weighted by Crippen LogP contribution is -2.17. The molecule has 3 rings (SSSR count). The van der Waals surface area contributed by atoms with Crippen LogP contribution in [0.15, 0.2) is 54.9 Å². The first kappa shape index (κ1) is 19.9. The Hall–Kier alpha value is -3.89. The fourth-order valence-corrected chi connectivity index (χ4v) is 2.53. The molecule has 1 N–H and O–H groups in total. The number of alkyl halides is 3. The van der Waals surface area contributed by atoms with Crippen LogP contribution in [0.3, 0.4) is 0 Å². The second-order valence-corrected chi connectivity index (χ2v) is 5.93. The average molecular weight is 406 g/mol. The number of hydrogen-bond acceptors (Lipinski definition) is 5. The number of ether oxygens (including phenoxy) is 1. The molecule has 0 spiro atoms. The minimum absolute atomic E-state index is 0.0209. The van der Waals surface area contributed by atoms with Crippen LogP contribution in [0.4, 0.5) is 24.5 Å². The Morgan fingerprint density at radius 1 is 1.21 bits per heavy atom. The minimum atomic E-state index is -4.81. The average Bonchev–Trinajstić information content (AvgIpc) is 3.09. The third-order valence-electron chi connectivity index (χ3n) is 3.83. The van der Waals surface area contributed by atoms with Gasteiger partial charge in [0.2, 0.25) is 0 Å². The van der Waals surface area contributed by atoms with Gasteiger partial charge in [-0.3, -0.25) is 14.9 Å². The summed E-state index contributed by atoms with van der Waals surface area (Å²) in [5, 5.41) is 17.5. The van der Waals surface area contributed by atoms with E-state index >= 15 is 0 Å². The summed E-state index contributed by atoms with van der Waals surface area (Å²) in [6, 6.07) is 8.91. The number of rotatable bonds is 5. The molecule has 8 nitrogen and oxygen atoms in total. The van der Waals surface area contributed by atoms with Crippen molar-refractivity contribution in [2.24, 2.45) is 0 Å². The van der Waals surface area contributed by atoms with Gasteiger partial charge in [-0.25, -0.2) is 4.68 Å². The molecule has 1 heterocycles. The number of carbonyl (C=O) groups excluding carboxylic acids is 1. The summed E-state index contributed by atoms with van der Waals surface area (Å²) in [5.74, 6) is -0.988. The molecule has 0 aliphatic heterocycles. The molecule has 29 heavy (non-hydrogen) atoms. The molecule has 0 saturated heterocycles. The number of anilines is 1. The Morgan fingerprint density at radius 2 is 1.90 bits per heavy atom. The summed E-state index contributed by atoms with van der Waals surface area (Å²) in [7, 11) is 0. The zero-order valence-corrected chi connectivity index (χ0v) is 14.8. The lowest BCUT2D eigenvalue weighted by atomic mass is 10.2. The lowest BCUT2D eigenvalue weighted by Gasteiger charge is -2.09. The molecule has 0 aliphatic carbocycles. The summed E-state index contributed by atoms with van der Waals surface area (Å²) < 4.78 is 41.7. The summed E-state index contributed by atoms with van der Waals surface area (Å²) in [6.07, 6.45) is -1.94. The number of nitrogens with zero attached hydrogens (tertiary/aromatic N) is 3. The predicted octanol–water partition coefficient (Wildman–Crippen LogP) is 4.24. The molecule has 11 heteroatoms. The van der Waals surface area contributed by atoms with Crippen LogP contribution in [0.1, 0.15) is 15.9 Å². The van der Waals surface area contributed by atoms with Gasteiger partial charge in [0.15, 0.2) is 0 Å². The number of hydrogen-bond donors (Lipinski definition) is 1. The second kappa shape index (κ2) is 7.62. The Bertz CT molecular complexity index is 1060. The highest BCUT2D eigenvalue weighted by atomic mass is 19.4. The molecule has 0 bridgehead atoms. The summed E-state index contributed by atoms with van der Waals surface area (Å²) in [6.45, 7) is 1.60. The molecule has 0 aliphatic rings. The number of nitro groups is 1. The standard InChI is InChI=1S/C18H13F3N4O4/c1-11-8-14(4-7-16(11)25(27)28)24-10-13(9-22-24)23-17(26)12-2-5-15(6-3-12)29-18(19,20)21/h2-10H,1H3,(H,23,26). The number of benzene rings is 2. The fraction of sp³-hybridized carbons (Fsp3) is 0.111. The van der Waals surface area contributed by atoms with Crippen molar-refractivity contribution < 1.29 is 27.6 Å². The number of carbonyl (C=O) groups is 1. The Balaban J connectivity index is 1.70. The van der Waals surface area contributed by atoms with Gasteiger partial charge in [-0.05, 0) is 43.3 Å². The Labute approximate surface area is 161 Å². The Kier molecular flexibility index (Phi) is 5.22. The number of aryl methyl sites for hydroxylation is 1. The number of nitro benzene ring substituents is 1. The lowest BCUT2D eigenvalue weighted by molar-refractivity contribution is -0.385. The normalized spacial score (nSPS) is 11.2. The SMILES string of the molecule is Cc1cc(-n2cc(NC(=O)c3ccc(OC(F)(F)F)cc3)cn2)ccc1[N+](=O)[O-]. The van der Waals surface area contributed by atoms with E-state index in [1.165, 1.54) is 41.3 Å². The third-order valence-corrected chi connectivity index (χ3v) is 3.83. The first-order chi connectivity index (χ1) is 13.6. The number of aromatic nitrogens is 2. The van der Waals surface area contributed by atoms with E-state index in [4.69, 9.17) is 0 Å². The largest absolute Gasteiger partial charge is 0.573 e. The van der Waals surface area contributed by atoms with E-state index in [1.54, 1.807) is 13.0 Å². The quantitative estimate of drug-likeness (QED) is 0.505. The molecule has 1 aromatic heterocycles. The van der Waals surface area contributed by atoms with Crippen LogP contribution >= 0.6 is 0 Å². The number of halogens is 3. The molecule has 1 amide bonds. The first-order valence-electron chi connectivity index (χ1n) is 8.09. The van der Waals surface area contributed by atoms with E-state index in [0.29, 0.717) is 16.9 Å². The van der Waals surface area contributed by atoms with Crippen molar-refractivity contribution in [2.45, 2.75) is 13.3 Å². The van der Waals surface area contributed by atoms with Crippen LogP contribution in [-0.4, -0.2) is 27.0 Å². The highest BCUT2D eigenvalue weighted by molar-refractivity contribution is 6.04. The number of amides is 1. The van der Waals surface area contributed by atoms with E-state index in [1.807, 2.05) is 0 Å². The molecule has 0 unspecified atom stereocenters. The molecule has 2 aromatic carbocycles. The van der Waals surface area contributed by atoms with E-state index in [2.05, 4.69) is 15.2 Å². The zero-order chi connectivity index (χ0) is 21.2. The maximum atomic E-state index is 12.2. The van der Waals surface area contributed by atoms with Crippen LogP contribution in [0.25, 0.3) is 5.69 Å². The summed E-state index contributed by atoms with van der Waals surface area (Å²) in [4.78, 5) is 22.6. The molecule has 150 valence electrons. The van der Waals surface area contributed by atoms with Crippen molar-refractivity contribution >= 4 is 17.3 Å². The van der Waals surface area contributed by atoms with Gasteiger partial charge in [-0.15, -0.1) is 13.2 Å². The van der Waals surface area contributed by atoms with Gasteiger partial charge < -0.3 is 10.1 Å². The van der Waals surface area contributed by atoms with Gasteiger partial charge >= 0.3 is 6.36 Å². The smallest absolute Gasteiger partial charge is 0.406 e. The highest BCUT2D eigenvalue weighted by Crippen LogP contribution is 2.24. The van der Waals surface area contributed by atoms with Crippen molar-refractivity contribution in [2.75, 3.05) is 5.32 Å². The van der Waals surface area contributed by atoms with Crippen molar-refractivity contribution in [3.63, 3.8) is 0 Å². The van der Waals surface area contributed by atoms with Crippen molar-refractivity contribution in [3.05, 3.63) is 76.1 Å². The maximum absolute atomic E-state index is 12.2. The van der Waals surface area contributed by atoms with Gasteiger partial charge in [0.1, 0.15) is 5.75 Å². The Morgan fingerprint density at radius 3 is 2.48 bits per heavy atom. The van der Waals surface area contributed by atoms with Crippen LogP contribution < -0.4 is 10.1 Å². The van der Waals surface area contributed by atoms with E-state index in [0.717, 1.165) is 12.1 Å². The molecule has 0 atom stereocenters. The maximum Gasteiger partial charge on any atom is 0.573 e. The van der Waals surface area contributed by atoms with Gasteiger partial charge in [0, 0.05) is 17.2 Å². The van der Waals surface area contributed by atoms with E-state index in [9.17, 15) is 28.1 Å². The molecule has 0 saturated carbocycles. The van der Waals surface area contributed by atoms with Crippen LogP contribution in [0.5, 0.6) is 5.75 Å². The molecule has 3 aromatic rings. The highest BCUT2D eigenvalue weighted by Gasteiger charge is 2.31. The van der Waals surface area contributed by atoms with Crippen molar-refractivity contribution in [3.8, 4) is 11.4 Å². The van der Waals surface area contributed by atoms with Crippen LogP contribution in [-0.2, 0) is 0 Å². The van der Waals surface area contributed by atoms with Gasteiger partial charge in [-0.2, -0.15) is 5.10 Å². The predicted molar refractivity (Wildman–Crippen MR) is 96.0 cm³/mol. The van der Waals surface area contributed by atoms with Gasteiger partial charge in [-0.1, -0.05) is 0 Å². The second-order valence-electron chi connectivity index (χ2n) is 5.93.